The zero-order valence-electron chi connectivity index (χ0n) is 27.0. The van der Waals surface area contributed by atoms with E-state index in [1.54, 1.807) is 11.3 Å². The number of carbonyl (C=O) groups is 2. The molecule has 3 atom stereocenters. The number of thiazole rings is 2. The van der Waals surface area contributed by atoms with Crippen molar-refractivity contribution in [2.75, 3.05) is 20.1 Å². The van der Waals surface area contributed by atoms with Crippen LogP contribution in [0.25, 0.3) is 32.0 Å². The molecule has 1 saturated carbocycles. The van der Waals surface area contributed by atoms with Gasteiger partial charge in [-0.25, -0.2) is 9.97 Å². The summed E-state index contributed by atoms with van der Waals surface area (Å²) in [6.07, 6.45) is 9.97. The van der Waals surface area contributed by atoms with Crippen LogP contribution in [-0.2, 0) is 9.59 Å². The molecule has 2 unspecified atom stereocenters. The maximum atomic E-state index is 14.0. The van der Waals surface area contributed by atoms with Crippen LogP contribution in [0.15, 0.2) is 91.3 Å². The fourth-order valence-corrected chi connectivity index (χ4v) is 9.21. The van der Waals surface area contributed by atoms with E-state index >= 15 is 0 Å². The van der Waals surface area contributed by atoms with Crippen LogP contribution in [0.5, 0.6) is 0 Å². The summed E-state index contributed by atoms with van der Waals surface area (Å²) < 4.78 is 0. The number of aromatic nitrogens is 2. The largest absolute Gasteiger partial charge is 0.340 e. The predicted octanol–water partition coefficient (Wildman–Crippen LogP) is 8.30. The summed E-state index contributed by atoms with van der Waals surface area (Å²) in [5.74, 6) is -0.0428. The monoisotopic (exact) mass is 673 g/mol. The molecule has 0 spiro atoms. The van der Waals surface area contributed by atoms with Crippen molar-refractivity contribution < 1.29 is 9.59 Å². The first-order valence-electron chi connectivity index (χ1n) is 17.0. The van der Waals surface area contributed by atoms with Crippen molar-refractivity contribution in [3.05, 3.63) is 107 Å². The highest BCUT2D eigenvalue weighted by atomic mass is 32.1. The molecule has 2 amide bonds. The van der Waals surface area contributed by atoms with Crippen molar-refractivity contribution in [1.29, 1.82) is 0 Å². The minimum Gasteiger partial charge on any atom is -0.340 e. The Labute approximate surface area is 289 Å². The molecule has 3 aliphatic rings. The number of likely N-dealkylation sites (tertiary alicyclic amines) is 2. The Morgan fingerprint density at radius 2 is 1.25 bits per heavy atom. The molecule has 3 aromatic carbocycles. The number of nitrogens with zero attached hydrogens (tertiary/aromatic N) is 4. The topological polar surface area (TPSA) is 78.4 Å². The Morgan fingerprint density at radius 3 is 1.81 bits per heavy atom. The highest BCUT2D eigenvalue weighted by Gasteiger charge is 2.39. The van der Waals surface area contributed by atoms with Crippen molar-refractivity contribution in [2.24, 2.45) is 5.92 Å². The normalized spacial score (nSPS) is 20.2. The zero-order valence-corrected chi connectivity index (χ0v) is 28.7. The van der Waals surface area contributed by atoms with E-state index in [-0.39, 0.29) is 23.8 Å². The number of hydrogen-bond donors (Lipinski definition) is 1. The van der Waals surface area contributed by atoms with Crippen molar-refractivity contribution in [3.8, 4) is 32.0 Å². The number of amides is 2. The molecule has 1 aliphatic carbocycles. The van der Waals surface area contributed by atoms with Gasteiger partial charge < -0.3 is 10.2 Å². The molecule has 1 N–H and O–H groups in total. The number of carbonyl (C=O) groups excluding carboxylic acids is 2. The van der Waals surface area contributed by atoms with Gasteiger partial charge in [-0.1, -0.05) is 78.9 Å². The van der Waals surface area contributed by atoms with Crippen molar-refractivity contribution in [3.63, 3.8) is 0 Å². The summed E-state index contributed by atoms with van der Waals surface area (Å²) in [5.41, 5.74) is 5.49. The number of rotatable bonds is 9. The molecule has 5 aromatic rings. The van der Waals surface area contributed by atoms with Gasteiger partial charge in [-0.05, 0) is 79.9 Å². The number of hydrogen-bond acceptors (Lipinski definition) is 7. The fourth-order valence-electron chi connectivity index (χ4n) is 7.02. The average molecular weight is 674 g/mol. The molecule has 2 aliphatic heterocycles. The van der Waals surface area contributed by atoms with E-state index in [4.69, 9.17) is 9.97 Å². The molecule has 0 radical (unpaired) electrons. The first-order chi connectivity index (χ1) is 23.5. The minimum atomic E-state index is -0.681. The molecular formula is C39H39N5O2S2. The van der Waals surface area contributed by atoms with Gasteiger partial charge in [0.1, 0.15) is 16.1 Å². The molecule has 7 nitrogen and oxygen atoms in total. The van der Waals surface area contributed by atoms with Gasteiger partial charge in [0.05, 0.1) is 21.8 Å². The first kappa shape index (κ1) is 31.1. The summed E-state index contributed by atoms with van der Waals surface area (Å²) in [7, 11) is 2.19. The lowest BCUT2D eigenvalue weighted by Crippen LogP contribution is -2.43. The Kier molecular flexibility index (Phi) is 8.67. The third-order valence-corrected chi connectivity index (χ3v) is 12.3. The second-order valence-electron chi connectivity index (χ2n) is 13.2. The third kappa shape index (κ3) is 6.34. The average Bonchev–Trinajstić information content (AvgIpc) is 3.53. The maximum Gasteiger partial charge on any atom is 0.250 e. The lowest BCUT2D eigenvalue weighted by Gasteiger charge is -2.28. The maximum absolute atomic E-state index is 14.0. The van der Waals surface area contributed by atoms with Crippen LogP contribution in [0.1, 0.15) is 72.2 Å². The second kappa shape index (κ2) is 13.4. The highest BCUT2D eigenvalue weighted by molar-refractivity contribution is 7.15. The third-order valence-electron chi connectivity index (χ3n) is 9.96. The van der Waals surface area contributed by atoms with Crippen LogP contribution in [0.4, 0.5) is 0 Å². The molecule has 2 aromatic heterocycles. The lowest BCUT2D eigenvalue weighted by molar-refractivity contribution is -0.137. The standard InChI is InChI=1S/C39H39N5O2S2/c1-43-21-5-9-31(43)37-40-23-33(47-37)27-15-11-25(12-16-27)26-13-17-28(18-14-26)34-24-41-38(48-34)32-10-6-22-44(32)39(46)35(29-7-3-2-4-8-29)42-36(45)30-19-20-30/h2-4,7-8,11-18,23-24,30-32,35H,5-6,9-10,19-22H2,1H3,(H,42,45)/t31?,32?,35-/m0/s1. The van der Waals surface area contributed by atoms with Crippen LogP contribution in [0, 0.1) is 5.92 Å². The summed E-state index contributed by atoms with van der Waals surface area (Å²) in [6.45, 7) is 1.81. The van der Waals surface area contributed by atoms with E-state index < -0.39 is 6.04 Å². The van der Waals surface area contributed by atoms with E-state index in [9.17, 15) is 9.59 Å². The highest BCUT2D eigenvalue weighted by Crippen LogP contribution is 2.40. The van der Waals surface area contributed by atoms with Crippen molar-refractivity contribution in [1.82, 2.24) is 25.1 Å². The van der Waals surface area contributed by atoms with Crippen LogP contribution in [-0.4, -0.2) is 51.7 Å². The van der Waals surface area contributed by atoms with Crippen molar-refractivity contribution >= 4 is 34.5 Å². The van der Waals surface area contributed by atoms with Gasteiger partial charge in [-0.2, -0.15) is 0 Å². The Balaban J connectivity index is 0.954. The van der Waals surface area contributed by atoms with Gasteiger partial charge in [-0.3, -0.25) is 14.5 Å². The zero-order chi connectivity index (χ0) is 32.6. The molecular weight excluding hydrogens is 635 g/mol. The Hall–Kier alpha value is -4.18. The van der Waals surface area contributed by atoms with Crippen LogP contribution in [0.3, 0.4) is 0 Å². The quantitative estimate of drug-likeness (QED) is 0.170. The molecule has 4 heterocycles. The summed E-state index contributed by atoms with van der Waals surface area (Å²) in [4.78, 5) is 43.0. The molecule has 2 saturated heterocycles. The fraction of sp³-hybridized carbons (Fsp3) is 0.333. The van der Waals surface area contributed by atoms with Gasteiger partial charge in [0.2, 0.25) is 11.8 Å². The lowest BCUT2D eigenvalue weighted by atomic mass is 10.0. The minimum absolute atomic E-state index is 0.0231. The Morgan fingerprint density at radius 1 is 0.708 bits per heavy atom. The summed E-state index contributed by atoms with van der Waals surface area (Å²) >= 11 is 3.46. The second-order valence-corrected chi connectivity index (χ2v) is 15.4. The predicted molar refractivity (Wildman–Crippen MR) is 192 cm³/mol. The smallest absolute Gasteiger partial charge is 0.250 e. The molecule has 244 valence electrons. The molecule has 9 heteroatoms. The van der Waals surface area contributed by atoms with Gasteiger partial charge in [0, 0.05) is 24.9 Å². The van der Waals surface area contributed by atoms with Gasteiger partial charge in [-0.15, -0.1) is 22.7 Å². The van der Waals surface area contributed by atoms with E-state index in [1.165, 1.54) is 39.4 Å². The number of benzene rings is 3. The van der Waals surface area contributed by atoms with Crippen LogP contribution in [0.2, 0.25) is 0 Å². The van der Waals surface area contributed by atoms with Gasteiger partial charge in [0.25, 0.3) is 0 Å². The Bertz CT molecular complexity index is 1900. The number of nitrogens with one attached hydrogen (secondary N) is 1. The summed E-state index contributed by atoms with van der Waals surface area (Å²) in [5, 5.41) is 5.23. The van der Waals surface area contributed by atoms with Gasteiger partial charge >= 0.3 is 0 Å². The molecule has 48 heavy (non-hydrogen) atoms. The molecule has 0 bridgehead atoms. The van der Waals surface area contributed by atoms with Crippen molar-refractivity contribution in [2.45, 2.75) is 56.7 Å². The van der Waals surface area contributed by atoms with E-state index in [0.29, 0.717) is 12.6 Å². The molecule has 8 rings (SSSR count). The van der Waals surface area contributed by atoms with Crippen LogP contribution < -0.4 is 5.32 Å². The van der Waals surface area contributed by atoms with E-state index in [2.05, 4.69) is 65.8 Å². The van der Waals surface area contributed by atoms with Crippen LogP contribution >= 0.6 is 22.7 Å². The first-order valence-corrected chi connectivity index (χ1v) is 18.6. The molecule has 3 fully saturated rings. The summed E-state index contributed by atoms with van der Waals surface area (Å²) in [6, 6.07) is 26.7. The van der Waals surface area contributed by atoms with Gasteiger partial charge in [0.15, 0.2) is 0 Å². The SMILES string of the molecule is CN1CCCC1c1ncc(-c2ccc(-c3ccc(-c4cnc(C5CCCN5C(=O)[C@@H](NC(=O)C5CC5)c5ccccc5)s4)cc3)cc2)s1. The van der Waals surface area contributed by atoms with E-state index in [0.717, 1.165) is 53.2 Å². The van der Waals surface area contributed by atoms with E-state index in [1.807, 2.05) is 59.0 Å².